The third-order valence-electron chi connectivity index (χ3n) is 3.45. The van der Waals surface area contributed by atoms with E-state index in [-0.39, 0.29) is 11.8 Å². The Bertz CT molecular complexity index is 468. The molecular formula is C15H23N3O2. The summed E-state index contributed by atoms with van der Waals surface area (Å²) in [7, 11) is 5.66. The lowest BCUT2D eigenvalue weighted by molar-refractivity contribution is -0.119. The van der Waals surface area contributed by atoms with Crippen molar-refractivity contribution in [3.63, 3.8) is 0 Å². The molecule has 1 aliphatic heterocycles. The Morgan fingerprint density at radius 3 is 2.90 bits per heavy atom. The molecule has 110 valence electrons. The molecule has 1 heterocycles. The number of nitrogens with zero attached hydrogens (tertiary/aromatic N) is 1. The summed E-state index contributed by atoms with van der Waals surface area (Å²) in [6.07, 6.45) is 0.894. The lowest BCUT2D eigenvalue weighted by atomic mass is 10.1. The number of amides is 1. The van der Waals surface area contributed by atoms with E-state index in [2.05, 4.69) is 15.5 Å². The van der Waals surface area contributed by atoms with Crippen molar-refractivity contribution in [2.24, 2.45) is 5.92 Å². The highest BCUT2D eigenvalue weighted by molar-refractivity contribution is 5.94. The highest BCUT2D eigenvalue weighted by Gasteiger charge is 2.23. The molecule has 1 fully saturated rings. The van der Waals surface area contributed by atoms with Crippen molar-refractivity contribution < 1.29 is 9.53 Å². The molecule has 1 amide bonds. The van der Waals surface area contributed by atoms with E-state index in [1.807, 2.05) is 32.3 Å². The molecule has 1 saturated heterocycles. The van der Waals surface area contributed by atoms with Gasteiger partial charge in [0.2, 0.25) is 5.91 Å². The first-order chi connectivity index (χ1) is 9.60. The number of rotatable bonds is 5. The lowest BCUT2D eigenvalue weighted by Crippen LogP contribution is -2.25. The Balaban J connectivity index is 2.12. The van der Waals surface area contributed by atoms with Crippen LogP contribution in [0.15, 0.2) is 18.2 Å². The van der Waals surface area contributed by atoms with Crippen LogP contribution in [0.5, 0.6) is 5.75 Å². The van der Waals surface area contributed by atoms with Crippen LogP contribution in [0, 0.1) is 5.92 Å². The maximum atomic E-state index is 12.2. The number of hydrogen-bond donors (Lipinski definition) is 2. The summed E-state index contributed by atoms with van der Waals surface area (Å²) in [5, 5.41) is 6.20. The fourth-order valence-corrected chi connectivity index (χ4v) is 2.43. The maximum absolute atomic E-state index is 12.2. The van der Waals surface area contributed by atoms with Crippen LogP contribution < -0.4 is 15.4 Å². The molecule has 0 spiro atoms. The van der Waals surface area contributed by atoms with Gasteiger partial charge in [0.25, 0.3) is 0 Å². The summed E-state index contributed by atoms with van der Waals surface area (Å²) in [5.41, 5.74) is 1.90. The van der Waals surface area contributed by atoms with Gasteiger partial charge in [0.1, 0.15) is 5.75 Å². The molecule has 1 aliphatic rings. The summed E-state index contributed by atoms with van der Waals surface area (Å²) in [6, 6.07) is 5.91. The number of carbonyl (C=O) groups excluding carboxylic acids is 1. The molecule has 0 bridgehead atoms. The smallest absolute Gasteiger partial charge is 0.228 e. The van der Waals surface area contributed by atoms with E-state index in [4.69, 9.17) is 4.74 Å². The monoisotopic (exact) mass is 277 g/mol. The van der Waals surface area contributed by atoms with Crippen LogP contribution in [0.25, 0.3) is 0 Å². The number of hydrogen-bond acceptors (Lipinski definition) is 4. The second kappa shape index (κ2) is 6.72. The Hall–Kier alpha value is -1.59. The number of carbonyl (C=O) groups is 1. The Morgan fingerprint density at radius 2 is 2.30 bits per heavy atom. The molecule has 5 heteroatoms. The second-order valence-electron chi connectivity index (χ2n) is 5.45. The van der Waals surface area contributed by atoms with Gasteiger partial charge in [0.15, 0.2) is 0 Å². The largest absolute Gasteiger partial charge is 0.495 e. The van der Waals surface area contributed by atoms with Gasteiger partial charge in [-0.2, -0.15) is 0 Å². The topological polar surface area (TPSA) is 53.6 Å². The Morgan fingerprint density at radius 1 is 1.50 bits per heavy atom. The number of anilines is 1. The van der Waals surface area contributed by atoms with Crippen LogP contribution in [0.2, 0.25) is 0 Å². The molecule has 0 saturated carbocycles. The van der Waals surface area contributed by atoms with Gasteiger partial charge in [0, 0.05) is 13.1 Å². The lowest BCUT2D eigenvalue weighted by Gasteiger charge is -2.16. The quantitative estimate of drug-likeness (QED) is 0.852. The predicted octanol–water partition coefficient (Wildman–Crippen LogP) is 1.30. The highest BCUT2D eigenvalue weighted by atomic mass is 16.5. The summed E-state index contributed by atoms with van der Waals surface area (Å²) in [5.74, 6) is 0.819. The first-order valence-corrected chi connectivity index (χ1v) is 6.93. The zero-order valence-corrected chi connectivity index (χ0v) is 12.4. The zero-order chi connectivity index (χ0) is 14.5. The standard InChI is InChI=1S/C15H23N3O2/c1-18(2)10-11-4-5-14(20-3)13(8-11)17-15(19)12-6-7-16-9-12/h4-5,8,12,16H,6-7,9-10H2,1-3H3,(H,17,19). The van der Waals surface area contributed by atoms with Crippen molar-refractivity contribution in [3.8, 4) is 5.75 Å². The van der Waals surface area contributed by atoms with Crippen molar-refractivity contribution in [1.29, 1.82) is 0 Å². The average Bonchev–Trinajstić information content (AvgIpc) is 2.92. The fourth-order valence-electron chi connectivity index (χ4n) is 2.43. The molecular weight excluding hydrogens is 254 g/mol. The van der Waals surface area contributed by atoms with Gasteiger partial charge in [-0.25, -0.2) is 0 Å². The van der Waals surface area contributed by atoms with E-state index in [1.165, 1.54) is 0 Å². The van der Waals surface area contributed by atoms with Crippen LogP contribution in [-0.4, -0.2) is 45.1 Å². The van der Waals surface area contributed by atoms with E-state index in [0.717, 1.165) is 37.3 Å². The minimum absolute atomic E-state index is 0.0530. The van der Waals surface area contributed by atoms with E-state index in [0.29, 0.717) is 5.75 Å². The van der Waals surface area contributed by atoms with Crippen LogP contribution in [0.4, 0.5) is 5.69 Å². The summed E-state index contributed by atoms with van der Waals surface area (Å²) >= 11 is 0. The van der Waals surface area contributed by atoms with E-state index >= 15 is 0 Å². The van der Waals surface area contributed by atoms with Gasteiger partial charge < -0.3 is 20.3 Å². The molecule has 2 N–H and O–H groups in total. The van der Waals surface area contributed by atoms with E-state index < -0.39 is 0 Å². The van der Waals surface area contributed by atoms with Crippen molar-refractivity contribution in [3.05, 3.63) is 23.8 Å². The number of ether oxygens (including phenoxy) is 1. The van der Waals surface area contributed by atoms with Gasteiger partial charge in [-0.15, -0.1) is 0 Å². The number of nitrogens with one attached hydrogen (secondary N) is 2. The van der Waals surface area contributed by atoms with Gasteiger partial charge >= 0.3 is 0 Å². The third-order valence-corrected chi connectivity index (χ3v) is 3.45. The van der Waals surface area contributed by atoms with Crippen LogP contribution in [-0.2, 0) is 11.3 Å². The predicted molar refractivity (Wildman–Crippen MR) is 80.0 cm³/mol. The Labute approximate surface area is 120 Å². The van der Waals surface area contributed by atoms with Gasteiger partial charge in [-0.3, -0.25) is 4.79 Å². The molecule has 1 unspecified atom stereocenters. The molecule has 1 atom stereocenters. The van der Waals surface area contributed by atoms with Crippen molar-refractivity contribution in [1.82, 2.24) is 10.2 Å². The Kier molecular flexibility index (Phi) is 4.98. The van der Waals surface area contributed by atoms with Crippen molar-refractivity contribution in [2.45, 2.75) is 13.0 Å². The highest BCUT2D eigenvalue weighted by Crippen LogP contribution is 2.27. The summed E-state index contributed by atoms with van der Waals surface area (Å²) < 4.78 is 5.32. The van der Waals surface area contributed by atoms with Gasteiger partial charge in [0.05, 0.1) is 18.7 Å². The number of methoxy groups -OCH3 is 1. The van der Waals surface area contributed by atoms with Crippen molar-refractivity contribution >= 4 is 11.6 Å². The first kappa shape index (κ1) is 14.8. The van der Waals surface area contributed by atoms with Crippen LogP contribution in [0.1, 0.15) is 12.0 Å². The molecule has 1 aromatic rings. The van der Waals surface area contributed by atoms with Crippen LogP contribution in [0.3, 0.4) is 0 Å². The molecule has 0 aliphatic carbocycles. The molecule has 5 nitrogen and oxygen atoms in total. The number of benzene rings is 1. The third kappa shape index (κ3) is 3.71. The maximum Gasteiger partial charge on any atom is 0.228 e. The second-order valence-corrected chi connectivity index (χ2v) is 5.45. The van der Waals surface area contributed by atoms with Crippen molar-refractivity contribution in [2.75, 3.05) is 39.6 Å². The SMILES string of the molecule is COc1ccc(CN(C)C)cc1NC(=O)C1CCNC1. The normalized spacial score (nSPS) is 18.3. The van der Waals surface area contributed by atoms with Crippen LogP contribution >= 0.6 is 0 Å². The minimum Gasteiger partial charge on any atom is -0.495 e. The first-order valence-electron chi connectivity index (χ1n) is 6.93. The zero-order valence-electron chi connectivity index (χ0n) is 12.4. The molecule has 1 aromatic carbocycles. The minimum atomic E-state index is 0.0530. The summed E-state index contributed by atoms with van der Waals surface area (Å²) in [4.78, 5) is 14.3. The average molecular weight is 277 g/mol. The molecule has 2 rings (SSSR count). The van der Waals surface area contributed by atoms with Gasteiger partial charge in [-0.05, 0) is 44.8 Å². The molecule has 20 heavy (non-hydrogen) atoms. The van der Waals surface area contributed by atoms with E-state index in [9.17, 15) is 4.79 Å². The molecule has 0 radical (unpaired) electrons. The van der Waals surface area contributed by atoms with Gasteiger partial charge in [-0.1, -0.05) is 6.07 Å². The fraction of sp³-hybridized carbons (Fsp3) is 0.533. The summed E-state index contributed by atoms with van der Waals surface area (Å²) in [6.45, 7) is 2.50. The van der Waals surface area contributed by atoms with E-state index in [1.54, 1.807) is 7.11 Å². The molecule has 0 aromatic heterocycles.